The molecule has 1 heterocycles. The number of rotatable bonds is 4. The van der Waals surface area contributed by atoms with E-state index in [0.717, 1.165) is 6.54 Å². The number of halogens is 1. The van der Waals surface area contributed by atoms with Gasteiger partial charge in [0, 0.05) is 18.2 Å². The molecule has 1 saturated heterocycles. The number of Topliss-reactive ketones (excluding diaryl/α,β-unsaturated/α-hetero) is 1. The van der Waals surface area contributed by atoms with Crippen LogP contribution in [0, 0.1) is 5.82 Å². The van der Waals surface area contributed by atoms with E-state index in [1.165, 1.54) is 17.7 Å². The lowest BCUT2D eigenvalue weighted by molar-refractivity contribution is 0.0969. The second-order valence-electron chi connectivity index (χ2n) is 5.17. The molecule has 1 aliphatic heterocycles. The molecule has 3 atom stereocenters. The summed E-state index contributed by atoms with van der Waals surface area (Å²) in [6, 6.07) is 16.1. The van der Waals surface area contributed by atoms with Gasteiger partial charge in [-0.3, -0.25) is 9.69 Å². The molecule has 20 heavy (non-hydrogen) atoms. The Morgan fingerprint density at radius 1 is 1.15 bits per heavy atom. The topological polar surface area (TPSA) is 20.1 Å². The first-order valence-corrected chi connectivity index (χ1v) is 6.77. The van der Waals surface area contributed by atoms with E-state index in [4.69, 9.17) is 0 Å². The van der Waals surface area contributed by atoms with Gasteiger partial charge in [-0.25, -0.2) is 4.39 Å². The van der Waals surface area contributed by atoms with Crippen LogP contribution in [0.15, 0.2) is 54.6 Å². The fourth-order valence-electron chi connectivity index (χ4n) is 2.54. The van der Waals surface area contributed by atoms with Crippen LogP contribution in [0.25, 0.3) is 0 Å². The van der Waals surface area contributed by atoms with E-state index >= 15 is 0 Å². The molecular weight excluding hydrogens is 253 g/mol. The third kappa shape index (κ3) is 2.49. The van der Waals surface area contributed by atoms with Crippen LogP contribution in [0.3, 0.4) is 0 Å². The minimum atomic E-state index is -0.313. The highest BCUT2D eigenvalue weighted by Crippen LogP contribution is 2.33. The Bertz CT molecular complexity index is 609. The Balaban J connectivity index is 1.70. The van der Waals surface area contributed by atoms with Crippen LogP contribution in [0.4, 0.5) is 4.39 Å². The van der Waals surface area contributed by atoms with E-state index in [2.05, 4.69) is 24.0 Å². The molecule has 0 bridgehead atoms. The first-order chi connectivity index (χ1) is 9.66. The van der Waals surface area contributed by atoms with Gasteiger partial charge in [0.05, 0.1) is 6.04 Å². The van der Waals surface area contributed by atoms with Gasteiger partial charge in [-0.15, -0.1) is 0 Å². The molecule has 0 aliphatic carbocycles. The van der Waals surface area contributed by atoms with Crippen LogP contribution in [-0.4, -0.2) is 23.3 Å². The largest absolute Gasteiger partial charge is 0.292 e. The molecule has 1 fully saturated rings. The molecule has 1 aliphatic rings. The summed E-state index contributed by atoms with van der Waals surface area (Å²) in [4.78, 5) is 14.5. The van der Waals surface area contributed by atoms with E-state index in [-0.39, 0.29) is 23.7 Å². The van der Waals surface area contributed by atoms with E-state index in [0.29, 0.717) is 5.56 Å². The quantitative estimate of drug-likeness (QED) is 0.626. The average molecular weight is 269 g/mol. The van der Waals surface area contributed by atoms with Crippen molar-refractivity contribution in [2.45, 2.75) is 19.0 Å². The maximum absolute atomic E-state index is 12.9. The van der Waals surface area contributed by atoms with Crippen molar-refractivity contribution in [2.24, 2.45) is 0 Å². The van der Waals surface area contributed by atoms with E-state index in [1.807, 2.05) is 18.2 Å². The van der Waals surface area contributed by atoms with Gasteiger partial charge >= 0.3 is 0 Å². The summed E-state index contributed by atoms with van der Waals surface area (Å²) in [6.45, 7) is 2.87. The second-order valence-corrected chi connectivity index (χ2v) is 5.17. The number of carbonyl (C=O) groups excluding carboxylic acids is 1. The molecule has 0 radical (unpaired) electrons. The van der Waals surface area contributed by atoms with E-state index in [9.17, 15) is 9.18 Å². The predicted molar refractivity (Wildman–Crippen MR) is 76.1 cm³/mol. The smallest absolute Gasteiger partial charge is 0.181 e. The molecule has 3 heteroatoms. The number of nitrogens with zero attached hydrogens (tertiary/aromatic N) is 1. The van der Waals surface area contributed by atoms with Gasteiger partial charge < -0.3 is 0 Å². The summed E-state index contributed by atoms with van der Waals surface area (Å²) < 4.78 is 12.9. The highest BCUT2D eigenvalue weighted by molar-refractivity contribution is 6.02. The van der Waals surface area contributed by atoms with E-state index < -0.39 is 0 Å². The van der Waals surface area contributed by atoms with Crippen LogP contribution in [0.1, 0.15) is 28.9 Å². The van der Waals surface area contributed by atoms with Gasteiger partial charge in [-0.2, -0.15) is 0 Å². The Labute approximate surface area is 117 Å². The summed E-state index contributed by atoms with van der Waals surface area (Å²) in [7, 11) is 0. The number of benzene rings is 2. The Hall–Kier alpha value is -2.00. The lowest BCUT2D eigenvalue weighted by atomic mass is 10.1. The summed E-state index contributed by atoms with van der Waals surface area (Å²) in [5.41, 5.74) is 1.79. The molecule has 1 unspecified atom stereocenters. The van der Waals surface area contributed by atoms with E-state index in [1.54, 1.807) is 12.1 Å². The van der Waals surface area contributed by atoms with Gasteiger partial charge in [-0.1, -0.05) is 30.3 Å². The van der Waals surface area contributed by atoms with Crippen molar-refractivity contribution in [3.63, 3.8) is 0 Å². The minimum absolute atomic E-state index is 0.0735. The van der Waals surface area contributed by atoms with Gasteiger partial charge in [0.2, 0.25) is 0 Å². The maximum atomic E-state index is 12.9. The fraction of sp³-hybridized carbons (Fsp3) is 0.235. The van der Waals surface area contributed by atoms with Crippen molar-refractivity contribution in [2.75, 3.05) is 6.54 Å². The zero-order valence-corrected chi connectivity index (χ0v) is 11.3. The lowest BCUT2D eigenvalue weighted by Gasteiger charge is -2.14. The average Bonchev–Trinajstić information content (AvgIpc) is 3.28. The molecule has 3 rings (SSSR count). The van der Waals surface area contributed by atoms with Crippen molar-refractivity contribution in [3.05, 3.63) is 71.5 Å². The van der Waals surface area contributed by atoms with Crippen molar-refractivity contribution < 1.29 is 9.18 Å². The fourth-order valence-corrected chi connectivity index (χ4v) is 2.54. The van der Waals surface area contributed by atoms with Gasteiger partial charge in [0.1, 0.15) is 5.82 Å². The number of hydrogen-bond acceptors (Lipinski definition) is 2. The molecule has 0 spiro atoms. The van der Waals surface area contributed by atoms with Crippen molar-refractivity contribution in [1.29, 1.82) is 0 Å². The minimum Gasteiger partial charge on any atom is -0.292 e. The monoisotopic (exact) mass is 269 g/mol. The Kier molecular flexibility index (Phi) is 3.36. The summed E-state index contributed by atoms with van der Waals surface area (Å²) >= 11 is 0. The zero-order valence-electron chi connectivity index (χ0n) is 11.3. The molecule has 102 valence electrons. The highest BCUT2D eigenvalue weighted by atomic mass is 19.1. The molecule has 2 aromatic carbocycles. The lowest BCUT2D eigenvalue weighted by Crippen LogP contribution is -2.16. The van der Waals surface area contributed by atoms with Crippen molar-refractivity contribution >= 4 is 5.78 Å². The van der Waals surface area contributed by atoms with Crippen LogP contribution in [-0.2, 0) is 0 Å². The molecule has 0 amide bonds. The molecule has 2 aromatic rings. The highest BCUT2D eigenvalue weighted by Gasteiger charge is 2.43. The number of hydrogen-bond donors (Lipinski definition) is 0. The number of carbonyl (C=O) groups is 1. The van der Waals surface area contributed by atoms with Gasteiger partial charge in [0.25, 0.3) is 0 Å². The maximum Gasteiger partial charge on any atom is 0.181 e. The Morgan fingerprint density at radius 3 is 2.45 bits per heavy atom. The van der Waals surface area contributed by atoms with Gasteiger partial charge in [-0.05, 0) is 36.8 Å². The van der Waals surface area contributed by atoms with Gasteiger partial charge in [0.15, 0.2) is 5.78 Å². The summed E-state index contributed by atoms with van der Waals surface area (Å²) in [5.74, 6) is -0.236. The SMILES string of the molecule is C[C@@H](c1ccccc1)N1C[C@@H]1C(=O)c1ccc(F)cc1. The van der Waals surface area contributed by atoms with Crippen LogP contribution in [0.5, 0.6) is 0 Å². The van der Waals surface area contributed by atoms with Crippen molar-refractivity contribution in [1.82, 2.24) is 4.90 Å². The van der Waals surface area contributed by atoms with Crippen LogP contribution in [0.2, 0.25) is 0 Å². The number of ketones is 1. The normalized spacial score (nSPS) is 22.3. The second kappa shape index (κ2) is 5.17. The zero-order chi connectivity index (χ0) is 14.1. The molecule has 0 saturated carbocycles. The van der Waals surface area contributed by atoms with Crippen molar-refractivity contribution in [3.8, 4) is 0 Å². The van der Waals surface area contributed by atoms with Crippen LogP contribution >= 0.6 is 0 Å². The third-order valence-corrected chi connectivity index (χ3v) is 3.86. The Morgan fingerprint density at radius 2 is 1.80 bits per heavy atom. The molecule has 2 nitrogen and oxygen atoms in total. The summed E-state index contributed by atoms with van der Waals surface area (Å²) in [5, 5.41) is 0. The first kappa shape index (κ1) is 13.0. The molecular formula is C17H16FNO. The summed E-state index contributed by atoms with van der Waals surface area (Å²) in [6.07, 6.45) is 0. The molecule has 0 N–H and O–H groups in total. The third-order valence-electron chi connectivity index (χ3n) is 3.86. The predicted octanol–water partition coefficient (Wildman–Crippen LogP) is 3.45. The van der Waals surface area contributed by atoms with Crippen LogP contribution < -0.4 is 0 Å². The molecule has 0 aromatic heterocycles. The first-order valence-electron chi connectivity index (χ1n) is 6.77. The standard InChI is InChI=1S/C17H16FNO/c1-12(13-5-3-2-4-6-13)19-11-16(19)17(20)14-7-9-15(18)10-8-14/h2-10,12,16H,11H2,1H3/t12-,16+,19?/m0/s1.